The second-order valence-corrected chi connectivity index (χ2v) is 7.70. The van der Waals surface area contributed by atoms with Crippen molar-refractivity contribution in [1.82, 2.24) is 4.98 Å². The molecule has 4 heteroatoms. The van der Waals surface area contributed by atoms with E-state index < -0.39 is 0 Å². The van der Waals surface area contributed by atoms with E-state index in [1.165, 1.54) is 49.7 Å². The van der Waals surface area contributed by atoms with Crippen molar-refractivity contribution < 1.29 is 14.3 Å². The lowest BCUT2D eigenvalue weighted by atomic mass is 9.79. The standard InChI is InChI=1S/C21H31NO3/c1-15(21(23)24-2)11-12-25-19-13-16(14-19)7-9-18-10-8-17-5-3-4-6-20(17)22-18/h8,10,15-16,19H,3-7,9,11-14H2,1-2H3. The molecule has 1 atom stereocenters. The molecule has 2 aliphatic carbocycles. The first-order chi connectivity index (χ1) is 12.2. The third-order valence-electron chi connectivity index (χ3n) is 5.74. The molecule has 0 aromatic carbocycles. The van der Waals surface area contributed by atoms with Crippen LogP contribution >= 0.6 is 0 Å². The molecule has 1 aromatic rings. The summed E-state index contributed by atoms with van der Waals surface area (Å²) >= 11 is 0. The van der Waals surface area contributed by atoms with E-state index in [9.17, 15) is 4.79 Å². The number of nitrogens with zero attached hydrogens (tertiary/aromatic N) is 1. The number of hydrogen-bond donors (Lipinski definition) is 0. The molecule has 0 N–H and O–H groups in total. The van der Waals surface area contributed by atoms with Crippen LogP contribution in [0, 0.1) is 11.8 Å². The van der Waals surface area contributed by atoms with Crippen LogP contribution in [0.2, 0.25) is 0 Å². The Morgan fingerprint density at radius 1 is 1.28 bits per heavy atom. The summed E-state index contributed by atoms with van der Waals surface area (Å²) in [5.41, 5.74) is 4.07. The first-order valence-corrected chi connectivity index (χ1v) is 9.82. The van der Waals surface area contributed by atoms with Gasteiger partial charge in [0.05, 0.1) is 19.1 Å². The molecule has 1 heterocycles. The summed E-state index contributed by atoms with van der Waals surface area (Å²) in [6.45, 7) is 2.55. The highest BCUT2D eigenvalue weighted by Crippen LogP contribution is 2.34. The molecule has 0 spiro atoms. The third kappa shape index (κ3) is 5.04. The van der Waals surface area contributed by atoms with Crippen molar-refractivity contribution >= 4 is 5.97 Å². The van der Waals surface area contributed by atoms with Gasteiger partial charge in [-0.2, -0.15) is 0 Å². The highest BCUT2D eigenvalue weighted by atomic mass is 16.5. The molecule has 1 fully saturated rings. The Kier molecular flexibility index (Phi) is 6.46. The van der Waals surface area contributed by atoms with Crippen LogP contribution in [0.15, 0.2) is 12.1 Å². The summed E-state index contributed by atoms with van der Waals surface area (Å²) in [5, 5.41) is 0. The Morgan fingerprint density at radius 3 is 2.88 bits per heavy atom. The molecular formula is C21H31NO3. The molecule has 0 radical (unpaired) electrons. The van der Waals surface area contributed by atoms with Crippen LogP contribution in [-0.4, -0.2) is 30.8 Å². The second kappa shape index (κ2) is 8.79. The summed E-state index contributed by atoms with van der Waals surface area (Å²) in [5.74, 6) is 0.546. The van der Waals surface area contributed by atoms with Gasteiger partial charge in [-0.3, -0.25) is 9.78 Å². The van der Waals surface area contributed by atoms with Crippen molar-refractivity contribution in [2.75, 3.05) is 13.7 Å². The first-order valence-electron chi connectivity index (χ1n) is 9.82. The van der Waals surface area contributed by atoms with Crippen molar-refractivity contribution in [2.45, 2.75) is 70.8 Å². The van der Waals surface area contributed by atoms with Crippen LogP contribution in [0.5, 0.6) is 0 Å². The van der Waals surface area contributed by atoms with Gasteiger partial charge in [-0.1, -0.05) is 13.0 Å². The SMILES string of the molecule is COC(=O)C(C)CCOC1CC(CCc2ccc3c(n2)CCCC3)C1. The van der Waals surface area contributed by atoms with Crippen LogP contribution in [0.1, 0.15) is 62.4 Å². The second-order valence-electron chi connectivity index (χ2n) is 7.70. The largest absolute Gasteiger partial charge is 0.469 e. The highest BCUT2D eigenvalue weighted by molar-refractivity contribution is 5.71. The molecule has 3 rings (SSSR count). The van der Waals surface area contributed by atoms with E-state index in [1.807, 2.05) is 6.92 Å². The number of methoxy groups -OCH3 is 1. The van der Waals surface area contributed by atoms with E-state index in [1.54, 1.807) is 0 Å². The van der Waals surface area contributed by atoms with Gasteiger partial charge >= 0.3 is 5.97 Å². The summed E-state index contributed by atoms with van der Waals surface area (Å²) in [6.07, 6.45) is 10.7. The zero-order valence-electron chi connectivity index (χ0n) is 15.6. The fraction of sp³-hybridized carbons (Fsp3) is 0.714. The molecule has 25 heavy (non-hydrogen) atoms. The van der Waals surface area contributed by atoms with Gasteiger partial charge in [-0.25, -0.2) is 0 Å². The molecule has 0 saturated heterocycles. The highest BCUT2D eigenvalue weighted by Gasteiger charge is 2.29. The normalized spacial score (nSPS) is 23.4. The topological polar surface area (TPSA) is 48.4 Å². The van der Waals surface area contributed by atoms with Crippen LogP contribution in [-0.2, 0) is 33.5 Å². The number of hydrogen-bond acceptors (Lipinski definition) is 4. The zero-order valence-corrected chi connectivity index (χ0v) is 15.6. The maximum Gasteiger partial charge on any atom is 0.308 e. The fourth-order valence-electron chi connectivity index (χ4n) is 3.90. The Balaban J connectivity index is 1.31. The molecular weight excluding hydrogens is 314 g/mol. The number of rotatable bonds is 8. The van der Waals surface area contributed by atoms with Gasteiger partial charge in [0.15, 0.2) is 0 Å². The Hall–Kier alpha value is -1.42. The molecule has 1 unspecified atom stereocenters. The van der Waals surface area contributed by atoms with E-state index in [2.05, 4.69) is 12.1 Å². The summed E-state index contributed by atoms with van der Waals surface area (Å²) in [7, 11) is 1.44. The molecule has 0 bridgehead atoms. The predicted octanol–water partition coefficient (Wildman–Crippen LogP) is 3.89. The van der Waals surface area contributed by atoms with E-state index >= 15 is 0 Å². The smallest absolute Gasteiger partial charge is 0.308 e. The zero-order chi connectivity index (χ0) is 17.6. The third-order valence-corrected chi connectivity index (χ3v) is 5.74. The number of pyridine rings is 1. The minimum Gasteiger partial charge on any atom is -0.469 e. The van der Waals surface area contributed by atoms with Crippen molar-refractivity contribution in [2.24, 2.45) is 11.8 Å². The van der Waals surface area contributed by atoms with Crippen molar-refractivity contribution in [1.29, 1.82) is 0 Å². The number of carbonyl (C=O) groups is 1. The van der Waals surface area contributed by atoms with Gasteiger partial charge in [0.25, 0.3) is 0 Å². The minimum atomic E-state index is -0.146. The number of ether oxygens (including phenoxy) is 2. The lowest BCUT2D eigenvalue weighted by molar-refractivity contribution is -0.146. The van der Waals surface area contributed by atoms with Crippen molar-refractivity contribution in [3.05, 3.63) is 29.1 Å². The van der Waals surface area contributed by atoms with Crippen molar-refractivity contribution in [3.8, 4) is 0 Å². The van der Waals surface area contributed by atoms with Gasteiger partial charge in [0.1, 0.15) is 0 Å². The average molecular weight is 345 g/mol. The summed E-state index contributed by atoms with van der Waals surface area (Å²) in [6, 6.07) is 4.52. The lowest BCUT2D eigenvalue weighted by Crippen LogP contribution is -2.32. The molecule has 4 nitrogen and oxygen atoms in total. The molecule has 0 amide bonds. The van der Waals surface area contributed by atoms with Crippen LogP contribution in [0.25, 0.3) is 0 Å². The van der Waals surface area contributed by atoms with Crippen LogP contribution < -0.4 is 0 Å². The molecule has 0 aliphatic heterocycles. The number of fused-ring (bicyclic) bond motifs is 1. The fourth-order valence-corrected chi connectivity index (χ4v) is 3.90. The van der Waals surface area contributed by atoms with E-state index in [-0.39, 0.29) is 11.9 Å². The van der Waals surface area contributed by atoms with Gasteiger partial charge in [0.2, 0.25) is 0 Å². The number of carbonyl (C=O) groups excluding carboxylic acids is 1. The van der Waals surface area contributed by atoms with Gasteiger partial charge < -0.3 is 9.47 Å². The molecule has 138 valence electrons. The average Bonchev–Trinajstić information content (AvgIpc) is 2.61. The maximum absolute atomic E-state index is 11.3. The Bertz CT molecular complexity index is 581. The molecule has 2 aliphatic rings. The summed E-state index contributed by atoms with van der Waals surface area (Å²) in [4.78, 5) is 16.2. The summed E-state index contributed by atoms with van der Waals surface area (Å²) < 4.78 is 10.6. The van der Waals surface area contributed by atoms with Crippen molar-refractivity contribution in [3.63, 3.8) is 0 Å². The Morgan fingerprint density at radius 2 is 2.08 bits per heavy atom. The van der Waals surface area contributed by atoms with E-state index in [4.69, 9.17) is 14.5 Å². The molecule has 1 aromatic heterocycles. The van der Waals surface area contributed by atoms with Gasteiger partial charge in [-0.15, -0.1) is 0 Å². The Labute approximate surface area is 151 Å². The minimum absolute atomic E-state index is 0.0732. The monoisotopic (exact) mass is 345 g/mol. The molecule has 1 saturated carbocycles. The number of aromatic nitrogens is 1. The van der Waals surface area contributed by atoms with E-state index in [0.29, 0.717) is 12.7 Å². The maximum atomic E-state index is 11.3. The van der Waals surface area contributed by atoms with E-state index in [0.717, 1.165) is 38.0 Å². The number of esters is 1. The van der Waals surface area contributed by atoms with Gasteiger partial charge in [0, 0.05) is 18.0 Å². The first kappa shape index (κ1) is 18.4. The van der Waals surface area contributed by atoms with Crippen LogP contribution in [0.3, 0.4) is 0 Å². The van der Waals surface area contributed by atoms with Gasteiger partial charge in [-0.05, 0) is 75.3 Å². The quantitative estimate of drug-likeness (QED) is 0.671. The van der Waals surface area contributed by atoms with Crippen LogP contribution in [0.4, 0.5) is 0 Å². The predicted molar refractivity (Wildman–Crippen MR) is 97.5 cm³/mol. The number of aryl methyl sites for hydroxylation is 3. The lowest BCUT2D eigenvalue weighted by Gasteiger charge is -2.35.